The van der Waals surface area contributed by atoms with E-state index in [1.165, 1.54) is 13.2 Å². The van der Waals surface area contributed by atoms with E-state index in [0.29, 0.717) is 28.2 Å². The molecule has 0 aliphatic rings. The first-order chi connectivity index (χ1) is 15.9. The number of hydroxylamine groups is 2. The van der Waals surface area contributed by atoms with Crippen LogP contribution in [0.4, 0.5) is 4.39 Å². The molecule has 33 heavy (non-hydrogen) atoms. The van der Waals surface area contributed by atoms with Gasteiger partial charge in [0, 0.05) is 5.56 Å². The van der Waals surface area contributed by atoms with Crippen molar-refractivity contribution in [3.8, 4) is 16.9 Å². The fourth-order valence-electron chi connectivity index (χ4n) is 3.35. The Morgan fingerprint density at radius 3 is 2.61 bits per heavy atom. The van der Waals surface area contributed by atoms with E-state index >= 15 is 0 Å². The van der Waals surface area contributed by atoms with Crippen LogP contribution in [-0.4, -0.2) is 48.8 Å². The summed E-state index contributed by atoms with van der Waals surface area (Å²) >= 11 is 0. The number of methoxy groups -OCH3 is 1. The Balaban J connectivity index is 1.97. The van der Waals surface area contributed by atoms with Crippen molar-refractivity contribution in [3.63, 3.8) is 0 Å². The standard InChI is InChI=1S/C24H30FN3O5/c1-3-4-5-7-20(14-28(32)16-29)24(31)27-15-26-23(30)19-9-6-8-17(12-19)18-10-11-21(25)22(13-18)33-2/h6,8-13,16,20,32H,3-5,7,14-15H2,1-2H3,(H,26,30)(H,27,31). The van der Waals surface area contributed by atoms with Crippen molar-refractivity contribution in [1.82, 2.24) is 15.7 Å². The highest BCUT2D eigenvalue weighted by atomic mass is 19.1. The predicted molar refractivity (Wildman–Crippen MR) is 121 cm³/mol. The van der Waals surface area contributed by atoms with Crippen LogP contribution >= 0.6 is 0 Å². The summed E-state index contributed by atoms with van der Waals surface area (Å²) in [7, 11) is 1.38. The Bertz CT molecular complexity index is 953. The number of halogens is 1. The van der Waals surface area contributed by atoms with Crippen molar-refractivity contribution < 1.29 is 28.7 Å². The van der Waals surface area contributed by atoms with E-state index in [0.717, 1.165) is 19.3 Å². The fourth-order valence-corrected chi connectivity index (χ4v) is 3.35. The van der Waals surface area contributed by atoms with Gasteiger partial charge in [-0.2, -0.15) is 0 Å². The zero-order valence-electron chi connectivity index (χ0n) is 18.8. The number of amides is 3. The fraction of sp³-hybridized carbons (Fsp3) is 0.375. The van der Waals surface area contributed by atoms with E-state index in [9.17, 15) is 24.0 Å². The van der Waals surface area contributed by atoms with Crippen molar-refractivity contribution in [3.05, 3.63) is 53.8 Å². The van der Waals surface area contributed by atoms with Gasteiger partial charge in [0.2, 0.25) is 12.3 Å². The molecule has 2 aromatic carbocycles. The molecule has 0 saturated heterocycles. The molecule has 1 atom stereocenters. The van der Waals surface area contributed by atoms with Gasteiger partial charge in [-0.25, -0.2) is 9.45 Å². The molecule has 9 heteroatoms. The maximum atomic E-state index is 13.7. The summed E-state index contributed by atoms with van der Waals surface area (Å²) in [5.41, 5.74) is 1.76. The Hall–Kier alpha value is -3.46. The number of carbonyl (C=O) groups is 3. The SMILES string of the molecule is CCCCCC(CN(O)C=O)C(=O)NCNC(=O)c1cccc(-c2ccc(F)c(OC)c2)c1. The molecule has 0 fully saturated rings. The number of rotatable bonds is 13. The normalized spacial score (nSPS) is 11.4. The van der Waals surface area contributed by atoms with Gasteiger partial charge in [-0.3, -0.25) is 19.6 Å². The van der Waals surface area contributed by atoms with Crippen molar-refractivity contribution in [2.24, 2.45) is 5.92 Å². The van der Waals surface area contributed by atoms with E-state index in [2.05, 4.69) is 10.6 Å². The third-order valence-electron chi connectivity index (χ3n) is 5.18. The lowest BCUT2D eigenvalue weighted by Crippen LogP contribution is -2.43. The van der Waals surface area contributed by atoms with Crippen molar-refractivity contribution in [2.75, 3.05) is 20.3 Å². The molecule has 0 aromatic heterocycles. The minimum Gasteiger partial charge on any atom is -0.494 e. The third kappa shape index (κ3) is 7.87. The minimum atomic E-state index is -0.583. The molecule has 0 aliphatic heterocycles. The van der Waals surface area contributed by atoms with Crippen LogP contribution in [0.15, 0.2) is 42.5 Å². The van der Waals surface area contributed by atoms with Gasteiger partial charge in [-0.1, -0.05) is 44.4 Å². The van der Waals surface area contributed by atoms with E-state index in [4.69, 9.17) is 4.74 Å². The van der Waals surface area contributed by atoms with Crippen molar-refractivity contribution >= 4 is 18.2 Å². The molecule has 0 saturated carbocycles. The second kappa shape index (κ2) is 13.2. The topological polar surface area (TPSA) is 108 Å². The average Bonchev–Trinajstić information content (AvgIpc) is 2.83. The molecule has 3 amide bonds. The van der Waals surface area contributed by atoms with E-state index in [-0.39, 0.29) is 31.3 Å². The third-order valence-corrected chi connectivity index (χ3v) is 5.18. The van der Waals surface area contributed by atoms with Gasteiger partial charge in [0.05, 0.1) is 26.2 Å². The molecule has 1 unspecified atom stereocenters. The predicted octanol–water partition coefficient (Wildman–Crippen LogP) is 3.35. The molecule has 3 N–H and O–H groups in total. The Morgan fingerprint density at radius 1 is 1.15 bits per heavy atom. The number of unbranched alkanes of at least 4 members (excludes halogenated alkanes) is 2. The van der Waals surface area contributed by atoms with Crippen LogP contribution in [0.5, 0.6) is 5.75 Å². The zero-order valence-corrected chi connectivity index (χ0v) is 18.8. The summed E-state index contributed by atoms with van der Waals surface area (Å²) in [6.07, 6.45) is 3.47. The summed E-state index contributed by atoms with van der Waals surface area (Å²) in [6, 6.07) is 11.2. The number of benzene rings is 2. The van der Waals surface area contributed by atoms with Crippen LogP contribution < -0.4 is 15.4 Å². The Morgan fingerprint density at radius 2 is 1.91 bits per heavy atom. The first kappa shape index (κ1) is 25.8. The summed E-state index contributed by atoms with van der Waals surface area (Å²) in [5, 5.41) is 15.2. The van der Waals surface area contributed by atoms with Gasteiger partial charge in [0.1, 0.15) is 0 Å². The number of ether oxygens (including phenoxy) is 1. The lowest BCUT2D eigenvalue weighted by molar-refractivity contribution is -0.154. The van der Waals surface area contributed by atoms with Gasteiger partial charge in [-0.15, -0.1) is 0 Å². The molecular weight excluding hydrogens is 429 g/mol. The summed E-state index contributed by atoms with van der Waals surface area (Å²) < 4.78 is 18.7. The van der Waals surface area contributed by atoms with Gasteiger partial charge in [-0.05, 0) is 41.8 Å². The van der Waals surface area contributed by atoms with Crippen molar-refractivity contribution in [2.45, 2.75) is 32.6 Å². The van der Waals surface area contributed by atoms with Gasteiger partial charge in [0.25, 0.3) is 5.91 Å². The first-order valence-corrected chi connectivity index (χ1v) is 10.8. The number of hydrogen-bond donors (Lipinski definition) is 3. The van der Waals surface area contributed by atoms with Gasteiger partial charge in [0.15, 0.2) is 11.6 Å². The largest absolute Gasteiger partial charge is 0.494 e. The van der Waals surface area contributed by atoms with E-state index < -0.39 is 17.6 Å². The molecule has 8 nitrogen and oxygen atoms in total. The van der Waals surface area contributed by atoms with Crippen molar-refractivity contribution in [1.29, 1.82) is 0 Å². The molecule has 2 rings (SSSR count). The van der Waals surface area contributed by atoms with E-state index in [1.54, 1.807) is 36.4 Å². The molecule has 0 bridgehead atoms. The number of carbonyl (C=O) groups excluding carboxylic acids is 3. The second-order valence-corrected chi connectivity index (χ2v) is 7.57. The van der Waals surface area contributed by atoms with Gasteiger partial charge >= 0.3 is 0 Å². The molecule has 0 spiro atoms. The Labute approximate surface area is 192 Å². The van der Waals surface area contributed by atoms with E-state index in [1.807, 2.05) is 6.92 Å². The highest BCUT2D eigenvalue weighted by molar-refractivity contribution is 5.95. The average molecular weight is 460 g/mol. The monoisotopic (exact) mass is 459 g/mol. The summed E-state index contributed by atoms with van der Waals surface area (Å²) in [5.74, 6) is -1.71. The lowest BCUT2D eigenvalue weighted by atomic mass is 10.0. The highest BCUT2D eigenvalue weighted by Crippen LogP contribution is 2.27. The smallest absolute Gasteiger partial charge is 0.252 e. The Kier molecular flexibility index (Phi) is 10.3. The van der Waals surface area contributed by atoms with Crippen LogP contribution in [0.1, 0.15) is 43.0 Å². The highest BCUT2D eigenvalue weighted by Gasteiger charge is 2.20. The maximum absolute atomic E-state index is 13.7. The lowest BCUT2D eigenvalue weighted by Gasteiger charge is -2.19. The van der Waals surface area contributed by atoms with Crippen LogP contribution in [0.3, 0.4) is 0 Å². The number of hydrogen-bond acceptors (Lipinski definition) is 5. The molecule has 0 heterocycles. The number of nitrogens with one attached hydrogen (secondary N) is 2. The van der Waals surface area contributed by atoms with Crippen LogP contribution in [0.25, 0.3) is 11.1 Å². The first-order valence-electron chi connectivity index (χ1n) is 10.8. The van der Waals surface area contributed by atoms with Crippen LogP contribution in [-0.2, 0) is 9.59 Å². The van der Waals surface area contributed by atoms with Crippen LogP contribution in [0, 0.1) is 11.7 Å². The maximum Gasteiger partial charge on any atom is 0.252 e. The molecule has 2 aromatic rings. The number of nitrogens with zero attached hydrogens (tertiary/aromatic N) is 1. The zero-order chi connectivity index (χ0) is 24.2. The molecule has 178 valence electrons. The van der Waals surface area contributed by atoms with Gasteiger partial charge < -0.3 is 15.4 Å². The summed E-state index contributed by atoms with van der Waals surface area (Å²) in [4.78, 5) is 35.7. The van der Waals surface area contributed by atoms with Crippen LogP contribution in [0.2, 0.25) is 0 Å². The molecule has 0 radical (unpaired) electrons. The minimum absolute atomic E-state index is 0.106. The molecule has 0 aliphatic carbocycles. The quantitative estimate of drug-likeness (QED) is 0.140. The summed E-state index contributed by atoms with van der Waals surface area (Å²) in [6.45, 7) is 1.81. The molecular formula is C24H30FN3O5. The second-order valence-electron chi connectivity index (χ2n) is 7.57.